The van der Waals surface area contributed by atoms with Gasteiger partial charge in [-0.05, 0) is 16.9 Å². The van der Waals surface area contributed by atoms with Gasteiger partial charge in [-0.2, -0.15) is 0 Å². The normalized spacial score (nSPS) is 18.9. The van der Waals surface area contributed by atoms with E-state index in [9.17, 15) is 5.11 Å². The molecule has 0 spiro atoms. The van der Waals surface area contributed by atoms with Crippen molar-refractivity contribution in [2.75, 3.05) is 0 Å². The molecule has 0 fully saturated rings. The van der Waals surface area contributed by atoms with E-state index < -0.39 is 6.08 Å². The lowest BCUT2D eigenvalue weighted by atomic mass is 10.1. The van der Waals surface area contributed by atoms with Crippen LogP contribution in [-0.4, -0.2) is 11.2 Å². The van der Waals surface area contributed by atoms with E-state index in [4.69, 9.17) is 1.37 Å². The van der Waals surface area contributed by atoms with Crippen LogP contribution in [0.25, 0.3) is 0 Å². The molecule has 0 heterocycles. The van der Waals surface area contributed by atoms with Gasteiger partial charge in [-0.1, -0.05) is 48.4 Å². The molecule has 0 aromatic rings. The first-order valence-corrected chi connectivity index (χ1v) is 4.84. The Bertz CT molecular complexity index is 123. The Labute approximate surface area is 78.1 Å². The third kappa shape index (κ3) is 6.55. The Morgan fingerprint density at radius 3 is 3.00 bits per heavy atom. The lowest BCUT2D eigenvalue weighted by Crippen LogP contribution is -2.03. The van der Waals surface area contributed by atoms with Gasteiger partial charge in [-0.15, -0.1) is 0 Å². The molecule has 1 unspecified atom stereocenters. The summed E-state index contributed by atoms with van der Waals surface area (Å²) in [5, 5.41) is 9.39. The molecule has 0 aromatic heterocycles. The van der Waals surface area contributed by atoms with Crippen molar-refractivity contribution in [2.24, 2.45) is 0 Å². The maximum absolute atomic E-state index is 9.39. The Hall–Kier alpha value is 0.430. The number of rotatable bonds is 5. The lowest BCUT2D eigenvalue weighted by Gasteiger charge is -2.04. The SMILES string of the molecule is [2H]C(O)(CC=CI)CCCC. The molecular formula is C8H15IO. The van der Waals surface area contributed by atoms with Crippen molar-refractivity contribution in [1.29, 1.82) is 0 Å². The fraction of sp³-hybridized carbons (Fsp3) is 0.750. The monoisotopic (exact) mass is 255 g/mol. The Kier molecular flexibility index (Phi) is 6.43. The van der Waals surface area contributed by atoms with Gasteiger partial charge in [0.15, 0.2) is 0 Å². The minimum absolute atomic E-state index is 0.440. The Balaban J connectivity index is 3.60. The molecule has 1 N–H and O–H groups in total. The lowest BCUT2D eigenvalue weighted by molar-refractivity contribution is 0.164. The van der Waals surface area contributed by atoms with E-state index in [-0.39, 0.29) is 0 Å². The molecule has 0 aliphatic heterocycles. The van der Waals surface area contributed by atoms with Gasteiger partial charge in [-0.3, -0.25) is 0 Å². The van der Waals surface area contributed by atoms with E-state index in [1.807, 2.05) is 10.2 Å². The number of aliphatic hydroxyl groups is 1. The maximum atomic E-state index is 9.39. The number of halogens is 1. The van der Waals surface area contributed by atoms with Crippen LogP contribution >= 0.6 is 22.6 Å². The fourth-order valence-corrected chi connectivity index (χ4v) is 0.918. The Morgan fingerprint density at radius 2 is 2.50 bits per heavy atom. The average Bonchev–Trinajstić information content (AvgIpc) is 1.97. The van der Waals surface area contributed by atoms with E-state index in [1.165, 1.54) is 0 Å². The zero-order valence-corrected chi connectivity index (χ0v) is 8.47. The second kappa shape index (κ2) is 7.54. The topological polar surface area (TPSA) is 20.2 Å². The molecule has 0 radical (unpaired) electrons. The van der Waals surface area contributed by atoms with Crippen LogP contribution < -0.4 is 0 Å². The molecule has 10 heavy (non-hydrogen) atoms. The van der Waals surface area contributed by atoms with Gasteiger partial charge in [0, 0.05) is 0 Å². The van der Waals surface area contributed by atoms with Crippen molar-refractivity contribution in [3.8, 4) is 0 Å². The number of hydrogen-bond donors (Lipinski definition) is 1. The summed E-state index contributed by atoms with van der Waals surface area (Å²) in [6, 6.07) is 0. The Morgan fingerprint density at radius 1 is 1.80 bits per heavy atom. The third-order valence-corrected chi connectivity index (χ3v) is 1.77. The van der Waals surface area contributed by atoms with Crippen molar-refractivity contribution in [2.45, 2.75) is 38.7 Å². The molecule has 0 aliphatic rings. The summed E-state index contributed by atoms with van der Waals surface area (Å²) in [5.41, 5.74) is 0. The van der Waals surface area contributed by atoms with Crippen molar-refractivity contribution in [3.63, 3.8) is 0 Å². The summed E-state index contributed by atoms with van der Waals surface area (Å²) in [7, 11) is 0. The van der Waals surface area contributed by atoms with E-state index in [1.54, 1.807) is 0 Å². The molecular weight excluding hydrogens is 239 g/mol. The zero-order chi connectivity index (χ0) is 8.74. The predicted molar refractivity (Wildman–Crippen MR) is 53.3 cm³/mol. The van der Waals surface area contributed by atoms with Gasteiger partial charge < -0.3 is 5.11 Å². The average molecular weight is 255 g/mol. The van der Waals surface area contributed by atoms with Gasteiger partial charge in [-0.25, -0.2) is 0 Å². The molecule has 0 rings (SSSR count). The molecule has 0 bridgehead atoms. The van der Waals surface area contributed by atoms with E-state index >= 15 is 0 Å². The van der Waals surface area contributed by atoms with E-state index in [0.717, 1.165) is 12.8 Å². The summed E-state index contributed by atoms with van der Waals surface area (Å²) < 4.78 is 9.27. The van der Waals surface area contributed by atoms with Crippen LogP contribution in [0, 0.1) is 0 Å². The second-order valence-electron chi connectivity index (χ2n) is 2.24. The quantitative estimate of drug-likeness (QED) is 0.749. The minimum Gasteiger partial charge on any atom is -0.393 e. The van der Waals surface area contributed by atoms with Crippen molar-refractivity contribution in [1.82, 2.24) is 0 Å². The first kappa shape index (κ1) is 8.53. The highest BCUT2D eigenvalue weighted by molar-refractivity contribution is 14.1. The summed E-state index contributed by atoms with van der Waals surface area (Å²) >= 11 is 2.09. The van der Waals surface area contributed by atoms with Gasteiger partial charge in [0.25, 0.3) is 0 Å². The predicted octanol–water partition coefficient (Wildman–Crippen LogP) is 2.88. The standard InChI is InChI=1S/C8H15IO/c1-2-3-5-8(10)6-4-7-9/h4,7-8,10H,2-3,5-6H2,1H3/i8D. The van der Waals surface area contributed by atoms with Crippen LogP contribution in [0.3, 0.4) is 0 Å². The van der Waals surface area contributed by atoms with Crippen LogP contribution in [0.5, 0.6) is 0 Å². The van der Waals surface area contributed by atoms with E-state index in [2.05, 4.69) is 29.5 Å². The smallest absolute Gasteiger partial charge is 0.0604 e. The highest BCUT2D eigenvalue weighted by Gasteiger charge is 1.98. The molecule has 0 aliphatic carbocycles. The van der Waals surface area contributed by atoms with Crippen molar-refractivity contribution in [3.05, 3.63) is 10.2 Å². The summed E-state index contributed by atoms with van der Waals surface area (Å²) in [6.45, 7) is 2.06. The third-order valence-electron chi connectivity index (χ3n) is 1.26. The molecule has 0 aromatic carbocycles. The molecule has 0 saturated heterocycles. The van der Waals surface area contributed by atoms with Crippen molar-refractivity contribution >= 4 is 22.6 Å². The first-order chi connectivity index (χ1) is 5.12. The molecule has 1 nitrogen and oxygen atoms in total. The second-order valence-corrected chi connectivity index (χ2v) is 2.95. The van der Waals surface area contributed by atoms with E-state index in [0.29, 0.717) is 12.8 Å². The molecule has 2 heteroatoms. The number of unbranched alkanes of at least 4 members (excludes halogenated alkanes) is 1. The molecule has 1 atom stereocenters. The molecule has 0 saturated carbocycles. The van der Waals surface area contributed by atoms with Crippen LogP contribution in [-0.2, 0) is 0 Å². The maximum Gasteiger partial charge on any atom is 0.0604 e. The van der Waals surface area contributed by atoms with Gasteiger partial charge >= 0.3 is 0 Å². The number of hydrogen-bond acceptors (Lipinski definition) is 1. The minimum atomic E-state index is -1.24. The highest BCUT2D eigenvalue weighted by Crippen LogP contribution is 2.05. The van der Waals surface area contributed by atoms with Crippen molar-refractivity contribution < 1.29 is 6.48 Å². The van der Waals surface area contributed by atoms with Crippen LogP contribution in [0.4, 0.5) is 0 Å². The van der Waals surface area contributed by atoms with Gasteiger partial charge in [0.05, 0.1) is 7.45 Å². The summed E-state index contributed by atoms with van der Waals surface area (Å²) in [6.07, 6.45) is 3.56. The van der Waals surface area contributed by atoms with Gasteiger partial charge in [0.1, 0.15) is 0 Å². The van der Waals surface area contributed by atoms with Crippen LogP contribution in [0.15, 0.2) is 10.2 Å². The van der Waals surface area contributed by atoms with Crippen LogP contribution in [0.1, 0.15) is 34.0 Å². The highest BCUT2D eigenvalue weighted by atomic mass is 127. The largest absolute Gasteiger partial charge is 0.393 e. The molecule has 60 valence electrons. The fourth-order valence-electron chi connectivity index (χ4n) is 0.663. The zero-order valence-electron chi connectivity index (χ0n) is 7.31. The first-order valence-electron chi connectivity index (χ1n) is 4.10. The van der Waals surface area contributed by atoms with Gasteiger partial charge in [0.2, 0.25) is 0 Å². The summed E-state index contributed by atoms with van der Waals surface area (Å²) in [4.78, 5) is 0. The summed E-state index contributed by atoms with van der Waals surface area (Å²) in [5.74, 6) is 0. The molecule has 0 amide bonds. The van der Waals surface area contributed by atoms with Crippen LogP contribution in [0.2, 0.25) is 0 Å².